The zero-order chi connectivity index (χ0) is 19.2. The quantitative estimate of drug-likeness (QED) is 0.324. The first-order valence-electron chi connectivity index (χ1n) is 7.86. The number of benzene rings is 2. The summed E-state index contributed by atoms with van der Waals surface area (Å²) in [5.41, 5.74) is 6.75. The fourth-order valence-corrected chi connectivity index (χ4v) is 2.12. The van der Waals surface area contributed by atoms with Crippen molar-refractivity contribution in [2.45, 2.75) is 19.2 Å². The third-order valence-corrected chi connectivity index (χ3v) is 3.37. The largest absolute Gasteiger partial charge is 0.491 e. The third kappa shape index (κ3) is 8.04. The van der Waals surface area contributed by atoms with E-state index in [-0.39, 0.29) is 48.8 Å². The second-order valence-electron chi connectivity index (χ2n) is 5.71. The van der Waals surface area contributed by atoms with E-state index in [9.17, 15) is 18.3 Å². The molecule has 1 atom stereocenters. The minimum absolute atomic E-state index is 0. The number of nitrogens with one attached hydrogen (secondary N) is 1. The number of hydrogen-bond donors (Lipinski definition) is 3. The van der Waals surface area contributed by atoms with E-state index < -0.39 is 17.8 Å². The van der Waals surface area contributed by atoms with Gasteiger partial charge in [-0.05, 0) is 42.8 Å². The summed E-state index contributed by atoms with van der Waals surface area (Å²) in [5.74, 6) is 0.141. The van der Waals surface area contributed by atoms with Crippen molar-refractivity contribution in [3.63, 3.8) is 0 Å². The molecule has 2 aromatic rings. The van der Waals surface area contributed by atoms with Crippen molar-refractivity contribution >= 4 is 35.6 Å². The zero-order valence-corrected chi connectivity index (χ0v) is 16.9. The fraction of sp³-hybridized carbons (Fsp3) is 0.278. The van der Waals surface area contributed by atoms with E-state index in [2.05, 4.69) is 10.3 Å². The average molecular weight is 495 g/mol. The predicted molar refractivity (Wildman–Crippen MR) is 110 cm³/mol. The van der Waals surface area contributed by atoms with Gasteiger partial charge in [-0.25, -0.2) is 0 Å². The molecule has 0 amide bonds. The molecule has 27 heavy (non-hydrogen) atoms. The number of ether oxygens (including phenoxy) is 1. The molecule has 0 spiro atoms. The number of nitrogens with two attached hydrogens (primary N) is 1. The normalized spacial score (nSPS) is 12.9. The lowest BCUT2D eigenvalue weighted by molar-refractivity contribution is -0.137. The molecule has 5 nitrogen and oxygen atoms in total. The van der Waals surface area contributed by atoms with Gasteiger partial charge in [0, 0.05) is 5.69 Å². The van der Waals surface area contributed by atoms with Crippen molar-refractivity contribution in [1.82, 2.24) is 0 Å². The molecule has 9 heteroatoms. The van der Waals surface area contributed by atoms with Crippen molar-refractivity contribution < 1.29 is 23.0 Å². The Kier molecular flexibility index (Phi) is 8.83. The third-order valence-electron chi connectivity index (χ3n) is 3.37. The first-order chi connectivity index (χ1) is 12.2. The van der Waals surface area contributed by atoms with Crippen LogP contribution in [0.1, 0.15) is 11.1 Å². The Hall–Kier alpha value is -2.01. The van der Waals surface area contributed by atoms with Crippen molar-refractivity contribution in [3.8, 4) is 5.75 Å². The summed E-state index contributed by atoms with van der Waals surface area (Å²) in [6, 6.07) is 12.0. The van der Waals surface area contributed by atoms with Crippen molar-refractivity contribution in [2.24, 2.45) is 10.7 Å². The Morgan fingerprint density at radius 3 is 2.59 bits per heavy atom. The van der Waals surface area contributed by atoms with E-state index in [0.29, 0.717) is 0 Å². The molecule has 0 heterocycles. The van der Waals surface area contributed by atoms with Crippen LogP contribution in [-0.2, 0) is 6.18 Å². The number of aliphatic imine (C=N–C) groups is 1. The molecule has 0 saturated carbocycles. The second-order valence-corrected chi connectivity index (χ2v) is 5.71. The summed E-state index contributed by atoms with van der Waals surface area (Å²) in [6.07, 6.45) is -5.46. The van der Waals surface area contributed by atoms with E-state index in [1.165, 1.54) is 12.1 Å². The molecular weight excluding hydrogens is 474 g/mol. The number of nitrogens with zero attached hydrogens (tertiary/aromatic N) is 1. The van der Waals surface area contributed by atoms with Gasteiger partial charge in [-0.15, -0.1) is 24.0 Å². The zero-order valence-electron chi connectivity index (χ0n) is 14.5. The topological polar surface area (TPSA) is 79.9 Å². The van der Waals surface area contributed by atoms with E-state index in [0.717, 1.165) is 23.4 Å². The summed E-state index contributed by atoms with van der Waals surface area (Å²) in [7, 11) is 0. The smallest absolute Gasteiger partial charge is 0.416 e. The van der Waals surface area contributed by atoms with Crippen molar-refractivity contribution in [3.05, 3.63) is 59.7 Å². The van der Waals surface area contributed by atoms with Gasteiger partial charge in [0.25, 0.3) is 0 Å². The number of anilines is 1. The van der Waals surface area contributed by atoms with Crippen LogP contribution >= 0.6 is 24.0 Å². The maximum absolute atomic E-state index is 12.6. The van der Waals surface area contributed by atoms with Crippen LogP contribution in [0.25, 0.3) is 0 Å². The van der Waals surface area contributed by atoms with Crippen LogP contribution in [0, 0.1) is 6.92 Å². The molecule has 0 saturated heterocycles. The molecule has 2 aromatic carbocycles. The lowest BCUT2D eigenvalue weighted by atomic mass is 10.2. The Balaban J connectivity index is 0.00000364. The Labute approximate surface area is 172 Å². The first-order valence-corrected chi connectivity index (χ1v) is 7.86. The van der Waals surface area contributed by atoms with E-state index in [1.807, 2.05) is 31.2 Å². The standard InChI is InChI=1S/C18H20F3N3O2.HI/c1-12-4-2-6-14(8-12)24-17(22)23-10-15(25)11-26-16-7-3-5-13(9-16)18(19,20)21;/h2-9,15,25H,10-11H2,1H3,(H3,22,23,24);1H. The number of hydrogen-bond acceptors (Lipinski definition) is 3. The van der Waals surface area contributed by atoms with Crippen LogP contribution < -0.4 is 15.8 Å². The Morgan fingerprint density at radius 2 is 1.93 bits per heavy atom. The molecule has 0 bridgehead atoms. The average Bonchev–Trinajstić information content (AvgIpc) is 2.58. The van der Waals surface area contributed by atoms with Crippen LogP contribution in [0.15, 0.2) is 53.5 Å². The van der Waals surface area contributed by atoms with Crippen LogP contribution in [-0.4, -0.2) is 30.3 Å². The van der Waals surface area contributed by atoms with E-state index in [4.69, 9.17) is 10.5 Å². The monoisotopic (exact) mass is 495 g/mol. The van der Waals surface area contributed by atoms with E-state index >= 15 is 0 Å². The van der Waals surface area contributed by atoms with Crippen LogP contribution in [0.4, 0.5) is 18.9 Å². The highest BCUT2D eigenvalue weighted by atomic mass is 127. The molecule has 4 N–H and O–H groups in total. The van der Waals surface area contributed by atoms with Gasteiger partial charge in [0.2, 0.25) is 0 Å². The molecular formula is C18H21F3IN3O2. The van der Waals surface area contributed by atoms with E-state index in [1.54, 1.807) is 0 Å². The molecule has 0 fully saturated rings. The lowest BCUT2D eigenvalue weighted by Gasteiger charge is -2.13. The lowest BCUT2D eigenvalue weighted by Crippen LogP contribution is -2.27. The van der Waals surface area contributed by atoms with Gasteiger partial charge in [0.05, 0.1) is 12.1 Å². The van der Waals surface area contributed by atoms with Gasteiger partial charge in [0.15, 0.2) is 5.96 Å². The molecule has 148 valence electrons. The number of halogens is 4. The number of alkyl halides is 3. The highest BCUT2D eigenvalue weighted by Gasteiger charge is 2.30. The van der Waals surface area contributed by atoms with Crippen LogP contribution in [0.3, 0.4) is 0 Å². The summed E-state index contributed by atoms with van der Waals surface area (Å²) >= 11 is 0. The number of aliphatic hydroxyl groups excluding tert-OH is 1. The van der Waals surface area contributed by atoms with Gasteiger partial charge in [-0.3, -0.25) is 4.99 Å². The first kappa shape index (κ1) is 23.0. The highest BCUT2D eigenvalue weighted by molar-refractivity contribution is 14.0. The summed E-state index contributed by atoms with van der Waals surface area (Å²) in [6.45, 7) is 1.68. The van der Waals surface area contributed by atoms with Gasteiger partial charge in [-0.2, -0.15) is 13.2 Å². The highest BCUT2D eigenvalue weighted by Crippen LogP contribution is 2.31. The van der Waals surface area contributed by atoms with Crippen LogP contribution in [0.5, 0.6) is 5.75 Å². The maximum Gasteiger partial charge on any atom is 0.416 e. The molecule has 0 aliphatic rings. The molecule has 0 aliphatic carbocycles. The predicted octanol–water partition coefficient (Wildman–Crippen LogP) is 3.80. The van der Waals surface area contributed by atoms with Crippen LogP contribution in [0.2, 0.25) is 0 Å². The second kappa shape index (κ2) is 10.4. The van der Waals surface area contributed by atoms with Crippen molar-refractivity contribution in [2.75, 3.05) is 18.5 Å². The number of guanidine groups is 1. The summed E-state index contributed by atoms with van der Waals surface area (Å²) < 4.78 is 43.1. The number of rotatable bonds is 6. The van der Waals surface area contributed by atoms with Gasteiger partial charge < -0.3 is 20.9 Å². The van der Waals surface area contributed by atoms with Gasteiger partial charge >= 0.3 is 6.18 Å². The summed E-state index contributed by atoms with van der Waals surface area (Å²) in [5, 5.41) is 12.7. The van der Waals surface area contributed by atoms with Crippen molar-refractivity contribution in [1.29, 1.82) is 0 Å². The molecule has 1 unspecified atom stereocenters. The minimum atomic E-state index is -4.45. The number of aliphatic hydroxyl groups is 1. The minimum Gasteiger partial charge on any atom is -0.491 e. The fourth-order valence-electron chi connectivity index (χ4n) is 2.12. The van der Waals surface area contributed by atoms with Gasteiger partial charge in [0.1, 0.15) is 18.5 Å². The molecule has 0 aliphatic heterocycles. The number of aryl methyl sites for hydroxylation is 1. The maximum atomic E-state index is 12.6. The Morgan fingerprint density at radius 1 is 1.22 bits per heavy atom. The SMILES string of the molecule is Cc1cccc(NC(N)=NCC(O)COc2cccc(C(F)(F)F)c2)c1.I. The Bertz CT molecular complexity index is 770. The van der Waals surface area contributed by atoms with Gasteiger partial charge in [-0.1, -0.05) is 18.2 Å². The molecule has 0 radical (unpaired) electrons. The molecule has 2 rings (SSSR count). The summed E-state index contributed by atoms with van der Waals surface area (Å²) in [4.78, 5) is 3.99. The molecule has 0 aromatic heterocycles.